The minimum Gasteiger partial charge on any atom is -0.487 e. The number of amides is 1. The van der Waals surface area contributed by atoms with Crippen molar-refractivity contribution in [3.05, 3.63) is 77.1 Å². The molecule has 0 unspecified atom stereocenters. The average molecular weight is 347 g/mol. The fourth-order valence-corrected chi connectivity index (χ4v) is 2.50. The summed E-state index contributed by atoms with van der Waals surface area (Å²) in [5.74, 6) is 0.362. The van der Waals surface area contributed by atoms with Crippen molar-refractivity contribution in [2.75, 3.05) is 6.54 Å². The Labute approximate surface area is 153 Å². The lowest BCUT2D eigenvalue weighted by Crippen LogP contribution is -2.24. The molecule has 0 aliphatic carbocycles. The fourth-order valence-electron chi connectivity index (χ4n) is 2.50. The highest BCUT2D eigenvalue weighted by atomic mass is 16.5. The van der Waals surface area contributed by atoms with Gasteiger partial charge in [0.25, 0.3) is 5.91 Å². The Balaban J connectivity index is 2.20. The highest BCUT2D eigenvalue weighted by Crippen LogP contribution is 2.26. The SMILES string of the molecule is C=CCNC(=O)/C(C#N)=C/c1cc(C)c(OCc2ccccn2)c(C)c1. The van der Waals surface area contributed by atoms with Gasteiger partial charge in [-0.25, -0.2) is 0 Å². The molecule has 0 aliphatic rings. The van der Waals surface area contributed by atoms with E-state index in [9.17, 15) is 10.1 Å². The van der Waals surface area contributed by atoms with Crippen molar-refractivity contribution in [2.45, 2.75) is 20.5 Å². The molecule has 0 fully saturated rings. The van der Waals surface area contributed by atoms with Gasteiger partial charge >= 0.3 is 0 Å². The van der Waals surface area contributed by atoms with Crippen LogP contribution in [0.2, 0.25) is 0 Å². The Kier molecular flexibility index (Phi) is 6.69. The van der Waals surface area contributed by atoms with Gasteiger partial charge in [0.05, 0.1) is 5.69 Å². The average Bonchev–Trinajstić information content (AvgIpc) is 2.64. The Morgan fingerprint density at radius 2 is 2.08 bits per heavy atom. The normalized spacial score (nSPS) is 10.7. The quantitative estimate of drug-likeness (QED) is 0.473. The van der Waals surface area contributed by atoms with E-state index in [1.54, 1.807) is 18.3 Å². The number of pyridine rings is 1. The molecule has 132 valence electrons. The van der Waals surface area contributed by atoms with E-state index in [2.05, 4.69) is 16.9 Å². The molecule has 0 saturated carbocycles. The smallest absolute Gasteiger partial charge is 0.262 e. The van der Waals surface area contributed by atoms with Gasteiger partial charge in [-0.2, -0.15) is 5.26 Å². The molecular formula is C21H21N3O2. The first kappa shape index (κ1) is 18.9. The van der Waals surface area contributed by atoms with Crippen molar-refractivity contribution in [2.24, 2.45) is 0 Å². The van der Waals surface area contributed by atoms with Crippen LogP contribution in [0.1, 0.15) is 22.4 Å². The standard InChI is InChI=1S/C21H21N3O2/c1-4-8-24-21(25)18(13-22)12-17-10-15(2)20(16(3)11-17)26-14-19-7-5-6-9-23-19/h4-7,9-12H,1,8,14H2,2-3H3,(H,24,25)/b18-12+. The molecule has 0 radical (unpaired) electrons. The van der Waals surface area contributed by atoms with Crippen molar-refractivity contribution in [1.29, 1.82) is 5.26 Å². The topological polar surface area (TPSA) is 75.0 Å². The molecule has 0 bridgehead atoms. The van der Waals surface area contributed by atoms with Crippen molar-refractivity contribution in [3.8, 4) is 11.8 Å². The summed E-state index contributed by atoms with van der Waals surface area (Å²) in [5.41, 5.74) is 3.52. The number of carbonyl (C=O) groups is 1. The molecule has 1 aromatic carbocycles. The van der Waals surface area contributed by atoms with Gasteiger partial charge in [0.2, 0.25) is 0 Å². The molecule has 0 atom stereocenters. The summed E-state index contributed by atoms with van der Waals surface area (Å²) in [6, 6.07) is 11.4. The summed E-state index contributed by atoms with van der Waals surface area (Å²) in [6.45, 7) is 8.10. The van der Waals surface area contributed by atoms with E-state index >= 15 is 0 Å². The van der Waals surface area contributed by atoms with Crippen LogP contribution in [0.15, 0.2) is 54.8 Å². The lowest BCUT2D eigenvalue weighted by Gasteiger charge is -2.13. The number of hydrogen-bond acceptors (Lipinski definition) is 4. The van der Waals surface area contributed by atoms with Crippen molar-refractivity contribution in [3.63, 3.8) is 0 Å². The van der Waals surface area contributed by atoms with Crippen molar-refractivity contribution < 1.29 is 9.53 Å². The molecule has 1 heterocycles. The van der Waals surface area contributed by atoms with Gasteiger partial charge in [0.15, 0.2) is 0 Å². The number of nitriles is 1. The molecule has 26 heavy (non-hydrogen) atoms. The molecule has 0 saturated heterocycles. The summed E-state index contributed by atoms with van der Waals surface area (Å²) in [5, 5.41) is 11.8. The summed E-state index contributed by atoms with van der Waals surface area (Å²) in [6.07, 6.45) is 4.86. The summed E-state index contributed by atoms with van der Waals surface area (Å²) >= 11 is 0. The number of hydrogen-bond donors (Lipinski definition) is 1. The molecule has 2 rings (SSSR count). The number of benzene rings is 1. The van der Waals surface area contributed by atoms with Crippen LogP contribution in [0.3, 0.4) is 0 Å². The first-order valence-electron chi connectivity index (χ1n) is 8.20. The molecule has 2 aromatic rings. The van der Waals surface area contributed by atoms with E-state index in [1.807, 2.05) is 50.2 Å². The van der Waals surface area contributed by atoms with Gasteiger partial charge in [0, 0.05) is 12.7 Å². The van der Waals surface area contributed by atoms with Crippen LogP contribution >= 0.6 is 0 Å². The lowest BCUT2D eigenvalue weighted by atomic mass is 10.0. The minimum absolute atomic E-state index is 0.0489. The number of aromatic nitrogens is 1. The minimum atomic E-state index is -0.418. The van der Waals surface area contributed by atoms with Gasteiger partial charge in [-0.15, -0.1) is 6.58 Å². The third-order valence-corrected chi connectivity index (χ3v) is 3.66. The first-order chi connectivity index (χ1) is 12.5. The third-order valence-electron chi connectivity index (χ3n) is 3.66. The van der Waals surface area contributed by atoms with Gasteiger partial charge in [-0.3, -0.25) is 9.78 Å². The fraction of sp³-hybridized carbons (Fsp3) is 0.190. The summed E-state index contributed by atoms with van der Waals surface area (Å²) in [4.78, 5) is 16.2. The Morgan fingerprint density at radius 3 is 2.65 bits per heavy atom. The van der Waals surface area contributed by atoms with Crippen LogP contribution in [-0.2, 0) is 11.4 Å². The summed E-state index contributed by atoms with van der Waals surface area (Å²) in [7, 11) is 0. The van der Waals surface area contributed by atoms with E-state index in [4.69, 9.17) is 4.74 Å². The Morgan fingerprint density at radius 1 is 1.35 bits per heavy atom. The molecule has 5 nitrogen and oxygen atoms in total. The predicted octanol–water partition coefficient (Wildman–Crippen LogP) is 3.49. The van der Waals surface area contributed by atoms with Crippen LogP contribution in [0.5, 0.6) is 5.75 Å². The van der Waals surface area contributed by atoms with E-state index in [-0.39, 0.29) is 5.57 Å². The van der Waals surface area contributed by atoms with Gasteiger partial charge < -0.3 is 10.1 Å². The van der Waals surface area contributed by atoms with Crippen LogP contribution in [-0.4, -0.2) is 17.4 Å². The second kappa shape index (κ2) is 9.19. The number of ether oxygens (including phenoxy) is 1. The van der Waals surface area contributed by atoms with E-state index < -0.39 is 5.91 Å². The van der Waals surface area contributed by atoms with E-state index in [0.717, 1.165) is 28.1 Å². The number of rotatable bonds is 7. The maximum absolute atomic E-state index is 12.0. The largest absolute Gasteiger partial charge is 0.487 e. The monoisotopic (exact) mass is 347 g/mol. The summed E-state index contributed by atoms with van der Waals surface area (Å²) < 4.78 is 5.90. The zero-order valence-electron chi connectivity index (χ0n) is 15.0. The van der Waals surface area contributed by atoms with Crippen LogP contribution in [0, 0.1) is 25.2 Å². The third kappa shape index (κ3) is 5.05. The Hall–Kier alpha value is -3.39. The molecule has 1 N–H and O–H groups in total. The van der Waals surface area contributed by atoms with Crippen molar-refractivity contribution >= 4 is 12.0 Å². The molecular weight excluding hydrogens is 326 g/mol. The zero-order chi connectivity index (χ0) is 18.9. The Bertz CT molecular complexity index is 842. The maximum Gasteiger partial charge on any atom is 0.262 e. The second-order valence-corrected chi connectivity index (χ2v) is 5.76. The van der Waals surface area contributed by atoms with Crippen LogP contribution in [0.25, 0.3) is 6.08 Å². The van der Waals surface area contributed by atoms with Crippen molar-refractivity contribution in [1.82, 2.24) is 10.3 Å². The number of carbonyl (C=O) groups excluding carboxylic acids is 1. The molecule has 0 spiro atoms. The zero-order valence-corrected chi connectivity index (χ0v) is 15.0. The van der Waals surface area contributed by atoms with Crippen LogP contribution < -0.4 is 10.1 Å². The molecule has 0 aliphatic heterocycles. The molecule has 1 amide bonds. The second-order valence-electron chi connectivity index (χ2n) is 5.76. The molecule has 5 heteroatoms. The number of aryl methyl sites for hydroxylation is 2. The number of nitrogens with one attached hydrogen (secondary N) is 1. The van der Waals surface area contributed by atoms with Gasteiger partial charge in [0.1, 0.15) is 24.0 Å². The van der Waals surface area contributed by atoms with Crippen LogP contribution in [0.4, 0.5) is 0 Å². The highest BCUT2D eigenvalue weighted by molar-refractivity contribution is 6.01. The highest BCUT2D eigenvalue weighted by Gasteiger charge is 2.10. The van der Waals surface area contributed by atoms with E-state index in [1.165, 1.54) is 0 Å². The van der Waals surface area contributed by atoms with Gasteiger partial charge in [-0.1, -0.05) is 12.1 Å². The van der Waals surface area contributed by atoms with E-state index in [0.29, 0.717) is 13.2 Å². The first-order valence-corrected chi connectivity index (χ1v) is 8.20. The van der Waals surface area contributed by atoms with Gasteiger partial charge in [-0.05, 0) is 60.9 Å². The molecule has 1 aromatic heterocycles. The maximum atomic E-state index is 12.0. The predicted molar refractivity (Wildman–Crippen MR) is 101 cm³/mol. The number of nitrogens with zero attached hydrogens (tertiary/aromatic N) is 2. The lowest BCUT2D eigenvalue weighted by molar-refractivity contribution is -0.116.